The zero-order valence-electron chi connectivity index (χ0n) is 10.2. The lowest BCUT2D eigenvalue weighted by Crippen LogP contribution is -2.52. The first-order chi connectivity index (χ1) is 7.31. The maximum atomic E-state index is 11.5. The van der Waals surface area contributed by atoms with Crippen molar-refractivity contribution in [3.05, 3.63) is 0 Å². The molecule has 0 rings (SSSR count). The van der Waals surface area contributed by atoms with Crippen LogP contribution in [0, 0.1) is 0 Å². The van der Waals surface area contributed by atoms with Crippen molar-refractivity contribution in [1.82, 2.24) is 5.32 Å². The van der Waals surface area contributed by atoms with Gasteiger partial charge in [0.05, 0.1) is 0 Å². The van der Waals surface area contributed by atoms with Crippen molar-refractivity contribution in [3.8, 4) is 0 Å². The molecule has 16 heavy (non-hydrogen) atoms. The van der Waals surface area contributed by atoms with Crippen molar-refractivity contribution >= 4 is 11.9 Å². The molecule has 0 radical (unpaired) electrons. The maximum absolute atomic E-state index is 11.5. The van der Waals surface area contributed by atoms with E-state index < -0.39 is 11.5 Å². The van der Waals surface area contributed by atoms with E-state index >= 15 is 0 Å². The maximum Gasteiger partial charge on any atom is 0.329 e. The molecule has 0 aromatic carbocycles. The molecule has 94 valence electrons. The second-order valence-electron chi connectivity index (χ2n) is 4.45. The molecule has 2 unspecified atom stereocenters. The third-order valence-electron chi connectivity index (χ3n) is 2.46. The smallest absolute Gasteiger partial charge is 0.329 e. The predicted molar refractivity (Wildman–Crippen MR) is 62.0 cm³/mol. The van der Waals surface area contributed by atoms with E-state index in [1.54, 1.807) is 0 Å². The van der Waals surface area contributed by atoms with Crippen molar-refractivity contribution in [2.24, 2.45) is 5.73 Å². The van der Waals surface area contributed by atoms with Gasteiger partial charge in [-0.25, -0.2) is 4.79 Å². The van der Waals surface area contributed by atoms with Crippen LogP contribution < -0.4 is 11.1 Å². The van der Waals surface area contributed by atoms with Crippen molar-refractivity contribution < 1.29 is 14.7 Å². The summed E-state index contributed by atoms with van der Waals surface area (Å²) in [5.41, 5.74) is 4.36. The van der Waals surface area contributed by atoms with Crippen molar-refractivity contribution in [3.63, 3.8) is 0 Å². The number of hydrogen-bond acceptors (Lipinski definition) is 3. The molecule has 0 fully saturated rings. The van der Waals surface area contributed by atoms with Crippen LogP contribution in [0.1, 0.15) is 46.5 Å². The van der Waals surface area contributed by atoms with Gasteiger partial charge in [0.25, 0.3) is 0 Å². The van der Waals surface area contributed by atoms with Crippen LogP contribution in [-0.2, 0) is 9.59 Å². The SMILES string of the molecule is CCCC(C)(NC(=O)CCC(C)N)C(=O)O. The highest BCUT2D eigenvalue weighted by Crippen LogP contribution is 2.13. The lowest BCUT2D eigenvalue weighted by Gasteiger charge is -2.25. The molecule has 0 saturated heterocycles. The van der Waals surface area contributed by atoms with E-state index in [9.17, 15) is 9.59 Å². The van der Waals surface area contributed by atoms with Crippen LogP contribution in [0.25, 0.3) is 0 Å². The zero-order valence-corrected chi connectivity index (χ0v) is 10.2. The summed E-state index contributed by atoms with van der Waals surface area (Å²) in [5, 5.41) is 11.6. The summed E-state index contributed by atoms with van der Waals surface area (Å²) in [7, 11) is 0. The lowest BCUT2D eigenvalue weighted by molar-refractivity contribution is -0.147. The number of carboxylic acids is 1. The van der Waals surface area contributed by atoms with Crippen molar-refractivity contribution in [2.45, 2.75) is 58.0 Å². The van der Waals surface area contributed by atoms with Gasteiger partial charge in [0.15, 0.2) is 0 Å². The number of carboxylic acid groups (broad SMARTS) is 1. The number of rotatable bonds is 7. The van der Waals surface area contributed by atoms with Crippen LogP contribution in [0.15, 0.2) is 0 Å². The Hall–Kier alpha value is -1.10. The minimum absolute atomic E-state index is 0.0481. The van der Waals surface area contributed by atoms with E-state index in [2.05, 4.69) is 5.32 Å². The van der Waals surface area contributed by atoms with E-state index in [1.807, 2.05) is 13.8 Å². The van der Waals surface area contributed by atoms with Crippen LogP contribution >= 0.6 is 0 Å². The van der Waals surface area contributed by atoms with Gasteiger partial charge < -0.3 is 16.2 Å². The summed E-state index contributed by atoms with van der Waals surface area (Å²) in [4.78, 5) is 22.6. The Morgan fingerprint density at radius 2 is 2.06 bits per heavy atom. The molecule has 0 heterocycles. The van der Waals surface area contributed by atoms with Gasteiger partial charge in [-0.2, -0.15) is 0 Å². The van der Waals surface area contributed by atoms with E-state index in [0.717, 1.165) is 0 Å². The normalized spacial score (nSPS) is 16.2. The average Bonchev–Trinajstić information content (AvgIpc) is 2.14. The zero-order chi connectivity index (χ0) is 12.8. The standard InChI is InChI=1S/C11H22N2O3/c1-4-7-11(3,10(15)16)13-9(14)6-5-8(2)12/h8H,4-7,12H2,1-3H3,(H,13,14)(H,15,16). The number of aliphatic carboxylic acids is 1. The first-order valence-corrected chi connectivity index (χ1v) is 5.62. The van der Waals surface area contributed by atoms with Gasteiger partial charge in [-0.3, -0.25) is 4.79 Å². The fourth-order valence-electron chi connectivity index (χ4n) is 1.45. The van der Waals surface area contributed by atoms with Crippen LogP contribution in [-0.4, -0.2) is 28.6 Å². The Kier molecular flexibility index (Phi) is 6.03. The number of amides is 1. The average molecular weight is 230 g/mol. The second-order valence-corrected chi connectivity index (χ2v) is 4.45. The largest absolute Gasteiger partial charge is 0.480 e. The van der Waals surface area contributed by atoms with E-state index in [-0.39, 0.29) is 18.4 Å². The highest BCUT2D eigenvalue weighted by molar-refractivity contribution is 5.86. The van der Waals surface area contributed by atoms with Gasteiger partial charge in [0.2, 0.25) is 5.91 Å². The molecule has 5 nitrogen and oxygen atoms in total. The molecular formula is C11H22N2O3. The van der Waals surface area contributed by atoms with Crippen molar-refractivity contribution in [2.75, 3.05) is 0 Å². The quantitative estimate of drug-likeness (QED) is 0.605. The molecule has 0 bridgehead atoms. The first kappa shape index (κ1) is 14.9. The number of hydrogen-bond donors (Lipinski definition) is 3. The second kappa shape index (κ2) is 6.48. The van der Waals surface area contributed by atoms with Crippen LogP contribution in [0.5, 0.6) is 0 Å². The first-order valence-electron chi connectivity index (χ1n) is 5.62. The molecular weight excluding hydrogens is 208 g/mol. The molecule has 0 saturated carbocycles. The molecule has 5 heteroatoms. The highest BCUT2D eigenvalue weighted by Gasteiger charge is 2.33. The van der Waals surface area contributed by atoms with Gasteiger partial charge in [0, 0.05) is 12.5 Å². The van der Waals surface area contributed by atoms with Crippen LogP contribution in [0.3, 0.4) is 0 Å². The summed E-state index contributed by atoms with van der Waals surface area (Å²) in [6.45, 7) is 5.23. The Labute approximate surface area is 96.4 Å². The molecule has 0 aliphatic carbocycles. The Balaban J connectivity index is 4.30. The summed E-state index contributed by atoms with van der Waals surface area (Å²) in [5.74, 6) is -1.25. The Bertz CT molecular complexity index is 254. The summed E-state index contributed by atoms with van der Waals surface area (Å²) in [6, 6.07) is -0.0481. The molecule has 2 atom stereocenters. The highest BCUT2D eigenvalue weighted by atomic mass is 16.4. The van der Waals surface area contributed by atoms with Crippen LogP contribution in [0.4, 0.5) is 0 Å². The van der Waals surface area contributed by atoms with E-state index in [0.29, 0.717) is 19.3 Å². The molecule has 4 N–H and O–H groups in total. The number of nitrogens with two attached hydrogens (primary N) is 1. The minimum atomic E-state index is -1.16. The monoisotopic (exact) mass is 230 g/mol. The lowest BCUT2D eigenvalue weighted by atomic mass is 9.96. The third-order valence-corrected chi connectivity index (χ3v) is 2.46. The third kappa shape index (κ3) is 5.11. The van der Waals surface area contributed by atoms with E-state index in [4.69, 9.17) is 10.8 Å². The van der Waals surface area contributed by atoms with Gasteiger partial charge in [-0.1, -0.05) is 13.3 Å². The fraction of sp³-hybridized carbons (Fsp3) is 0.818. The molecule has 0 aromatic heterocycles. The van der Waals surface area contributed by atoms with Gasteiger partial charge in [-0.05, 0) is 26.7 Å². The number of carbonyl (C=O) groups is 2. The van der Waals surface area contributed by atoms with Crippen molar-refractivity contribution in [1.29, 1.82) is 0 Å². The van der Waals surface area contributed by atoms with Crippen LogP contribution in [0.2, 0.25) is 0 Å². The molecule has 0 aromatic rings. The number of carbonyl (C=O) groups excluding carboxylic acids is 1. The molecule has 0 aliphatic heterocycles. The summed E-state index contributed by atoms with van der Waals surface area (Å²) >= 11 is 0. The molecule has 0 spiro atoms. The Morgan fingerprint density at radius 3 is 2.44 bits per heavy atom. The predicted octanol–water partition coefficient (Wildman–Crippen LogP) is 0.873. The van der Waals surface area contributed by atoms with Gasteiger partial charge in [-0.15, -0.1) is 0 Å². The topological polar surface area (TPSA) is 92.4 Å². The van der Waals surface area contributed by atoms with Gasteiger partial charge >= 0.3 is 5.97 Å². The summed E-state index contributed by atoms with van der Waals surface area (Å²) in [6.07, 6.45) is 1.96. The van der Waals surface area contributed by atoms with E-state index in [1.165, 1.54) is 6.92 Å². The molecule has 1 amide bonds. The molecule has 0 aliphatic rings. The minimum Gasteiger partial charge on any atom is -0.480 e. The Morgan fingerprint density at radius 1 is 1.50 bits per heavy atom. The fourth-order valence-corrected chi connectivity index (χ4v) is 1.45. The summed E-state index contributed by atoms with van der Waals surface area (Å²) < 4.78 is 0. The number of nitrogens with one attached hydrogen (secondary N) is 1. The van der Waals surface area contributed by atoms with Gasteiger partial charge in [0.1, 0.15) is 5.54 Å².